The van der Waals surface area contributed by atoms with Crippen molar-refractivity contribution in [2.75, 3.05) is 45.8 Å². The molecule has 11 nitrogen and oxygen atoms in total. The van der Waals surface area contributed by atoms with Crippen molar-refractivity contribution < 1.29 is 23.0 Å². The van der Waals surface area contributed by atoms with Gasteiger partial charge in [-0.2, -0.15) is 0 Å². The number of benzene rings is 3. The van der Waals surface area contributed by atoms with E-state index in [2.05, 4.69) is 25.4 Å². The third kappa shape index (κ3) is 6.02. The molecule has 0 spiro atoms. The van der Waals surface area contributed by atoms with Crippen LogP contribution in [-0.4, -0.2) is 70.0 Å². The molecule has 0 bridgehead atoms. The number of hydrogen-bond donors (Lipinski definition) is 1. The zero-order valence-electron chi connectivity index (χ0n) is 25.0. The van der Waals surface area contributed by atoms with Crippen LogP contribution in [0, 0.1) is 5.82 Å². The maximum absolute atomic E-state index is 14.9. The molecule has 1 fully saturated rings. The number of anilines is 1. The van der Waals surface area contributed by atoms with Gasteiger partial charge in [0.15, 0.2) is 0 Å². The quantitative estimate of drug-likeness (QED) is 0.225. The number of ether oxygens (including phenoxy) is 3. The Morgan fingerprint density at radius 1 is 0.956 bits per heavy atom. The molecule has 0 radical (unpaired) electrons. The third-order valence-corrected chi connectivity index (χ3v) is 7.88. The molecule has 1 aliphatic heterocycles. The summed E-state index contributed by atoms with van der Waals surface area (Å²) in [6.45, 7) is 4.15. The van der Waals surface area contributed by atoms with Crippen molar-refractivity contribution in [2.24, 2.45) is 0 Å². The van der Waals surface area contributed by atoms with E-state index in [0.717, 1.165) is 48.7 Å². The van der Waals surface area contributed by atoms with E-state index in [-0.39, 0.29) is 5.52 Å². The fourth-order valence-electron chi connectivity index (χ4n) is 5.49. The lowest BCUT2D eigenvalue weighted by Gasteiger charge is -2.24. The maximum atomic E-state index is 14.9. The average molecular weight is 610 g/mol. The lowest BCUT2D eigenvalue weighted by atomic mass is 10.1. The largest absolute Gasteiger partial charge is 0.497 e. The summed E-state index contributed by atoms with van der Waals surface area (Å²) in [5.41, 5.74) is 4.49. The van der Waals surface area contributed by atoms with Gasteiger partial charge in [-0.1, -0.05) is 18.2 Å². The number of imidazole rings is 1. The molecule has 1 aliphatic rings. The Hall–Kier alpha value is -5.07. The number of aromatic nitrogens is 5. The van der Waals surface area contributed by atoms with Gasteiger partial charge in [0.2, 0.25) is 17.7 Å². The Morgan fingerprint density at radius 3 is 2.60 bits per heavy atom. The first-order valence-electron chi connectivity index (χ1n) is 14.7. The number of rotatable bonds is 10. The van der Waals surface area contributed by atoms with Crippen molar-refractivity contribution in [1.82, 2.24) is 29.5 Å². The molecule has 230 valence electrons. The van der Waals surface area contributed by atoms with Gasteiger partial charge in [0.05, 0.1) is 39.7 Å². The summed E-state index contributed by atoms with van der Waals surface area (Å²) in [5, 5.41) is 12.5. The van der Waals surface area contributed by atoms with Crippen LogP contribution in [-0.2, 0) is 24.2 Å². The number of nitrogens with zero attached hydrogens (tertiary/aromatic N) is 6. The zero-order valence-corrected chi connectivity index (χ0v) is 25.0. The highest BCUT2D eigenvalue weighted by atomic mass is 19.1. The summed E-state index contributed by atoms with van der Waals surface area (Å²) in [7, 11) is 3.22. The molecule has 3 aromatic carbocycles. The van der Waals surface area contributed by atoms with E-state index in [1.54, 1.807) is 20.3 Å². The second-order valence-corrected chi connectivity index (χ2v) is 10.8. The Balaban J connectivity index is 1.13. The highest BCUT2D eigenvalue weighted by Gasteiger charge is 2.17. The molecule has 7 rings (SSSR count). The summed E-state index contributed by atoms with van der Waals surface area (Å²) in [6, 6.07) is 18.5. The highest BCUT2D eigenvalue weighted by molar-refractivity contribution is 5.93. The van der Waals surface area contributed by atoms with E-state index in [9.17, 15) is 4.39 Å². The second-order valence-electron chi connectivity index (χ2n) is 10.8. The van der Waals surface area contributed by atoms with Crippen molar-refractivity contribution in [3.63, 3.8) is 0 Å². The van der Waals surface area contributed by atoms with Crippen LogP contribution in [0.3, 0.4) is 0 Å². The van der Waals surface area contributed by atoms with Gasteiger partial charge in [-0.3, -0.25) is 9.30 Å². The molecule has 0 amide bonds. The van der Waals surface area contributed by atoms with Gasteiger partial charge in [-0.25, -0.2) is 14.4 Å². The average Bonchev–Trinajstić information content (AvgIpc) is 3.72. The number of nitrogens with one attached hydrogen (secondary N) is 1. The zero-order chi connectivity index (χ0) is 30.8. The van der Waals surface area contributed by atoms with Crippen molar-refractivity contribution in [3.8, 4) is 23.0 Å². The van der Waals surface area contributed by atoms with Gasteiger partial charge in [0.25, 0.3) is 0 Å². The minimum atomic E-state index is -0.408. The topological polar surface area (TPSA) is 112 Å². The Morgan fingerprint density at radius 2 is 1.80 bits per heavy atom. The minimum absolute atomic E-state index is 0.253. The van der Waals surface area contributed by atoms with E-state index in [1.807, 2.05) is 59.1 Å². The number of fused-ring (bicyclic) bond motifs is 3. The molecule has 3 aromatic heterocycles. The van der Waals surface area contributed by atoms with Gasteiger partial charge in [-0.15, -0.1) is 10.2 Å². The molecule has 6 aromatic rings. The molecule has 1 saturated heterocycles. The summed E-state index contributed by atoms with van der Waals surface area (Å²) >= 11 is 0. The molecule has 4 heterocycles. The van der Waals surface area contributed by atoms with Crippen molar-refractivity contribution in [3.05, 3.63) is 95.4 Å². The van der Waals surface area contributed by atoms with Gasteiger partial charge in [0.1, 0.15) is 28.5 Å². The molecule has 0 atom stereocenters. The van der Waals surface area contributed by atoms with E-state index < -0.39 is 5.82 Å². The van der Waals surface area contributed by atoms with Crippen molar-refractivity contribution in [1.29, 1.82) is 0 Å². The standard InChI is InChI=1S/C33H32FN7O4/c1-42-25-11-10-23(28(17-25)43-2)18-35-33-37-30-26(4-3-5-27(30)34)31-36-24(19-41(31)33)16-21-6-8-22(9-7-21)32-39-38-29(45-32)20-40-12-14-44-15-13-40/h3-11,17,19H,12-16,18,20H2,1-2H3,(H,35,37). The lowest BCUT2D eigenvalue weighted by molar-refractivity contribution is 0.0306. The van der Waals surface area contributed by atoms with Gasteiger partial charge < -0.3 is 23.9 Å². The lowest BCUT2D eigenvalue weighted by Crippen LogP contribution is -2.35. The number of para-hydroxylation sites is 1. The molecule has 0 saturated carbocycles. The van der Waals surface area contributed by atoms with Gasteiger partial charge in [-0.05, 0) is 42.0 Å². The number of morpholine rings is 1. The van der Waals surface area contributed by atoms with Gasteiger partial charge in [0, 0.05) is 54.8 Å². The first-order valence-corrected chi connectivity index (χ1v) is 14.7. The molecule has 0 unspecified atom stereocenters. The Bertz CT molecular complexity index is 1950. The molecule has 1 N–H and O–H groups in total. The Labute approximate surface area is 258 Å². The normalized spacial score (nSPS) is 13.8. The van der Waals surface area contributed by atoms with Crippen LogP contribution < -0.4 is 14.8 Å². The van der Waals surface area contributed by atoms with Crippen LogP contribution in [0.15, 0.2) is 71.3 Å². The molecular weight excluding hydrogens is 577 g/mol. The van der Waals surface area contributed by atoms with E-state index >= 15 is 0 Å². The van der Waals surface area contributed by atoms with E-state index in [1.165, 1.54) is 6.07 Å². The summed E-state index contributed by atoms with van der Waals surface area (Å²) < 4.78 is 39.0. The van der Waals surface area contributed by atoms with Crippen LogP contribution in [0.4, 0.5) is 10.3 Å². The van der Waals surface area contributed by atoms with Gasteiger partial charge >= 0.3 is 0 Å². The molecule has 0 aliphatic carbocycles. The Kier molecular flexibility index (Phi) is 7.97. The van der Waals surface area contributed by atoms with Crippen LogP contribution in [0.5, 0.6) is 11.5 Å². The highest BCUT2D eigenvalue weighted by Crippen LogP contribution is 2.28. The van der Waals surface area contributed by atoms with Crippen LogP contribution in [0.2, 0.25) is 0 Å². The molecule has 12 heteroatoms. The predicted octanol–water partition coefficient (Wildman–Crippen LogP) is 5.12. The smallest absolute Gasteiger partial charge is 0.247 e. The monoisotopic (exact) mass is 609 g/mol. The molecule has 45 heavy (non-hydrogen) atoms. The number of hydrogen-bond acceptors (Lipinski definition) is 10. The minimum Gasteiger partial charge on any atom is -0.497 e. The molecular formula is C33H32FN7O4. The van der Waals surface area contributed by atoms with Crippen molar-refractivity contribution in [2.45, 2.75) is 19.5 Å². The SMILES string of the molecule is COc1ccc(CNc2nc3c(F)cccc3c3nc(Cc4ccc(-c5nnc(CN6CCOCC6)o5)cc4)cn23)c(OC)c1. The number of methoxy groups -OCH3 is 2. The second kappa shape index (κ2) is 12.5. The first-order chi connectivity index (χ1) is 22.1. The fraction of sp³-hybridized carbons (Fsp3) is 0.273. The predicted molar refractivity (Wildman–Crippen MR) is 166 cm³/mol. The van der Waals surface area contributed by atoms with Crippen LogP contribution >= 0.6 is 0 Å². The number of halogens is 1. The van der Waals surface area contributed by atoms with E-state index in [4.69, 9.17) is 23.6 Å². The first kappa shape index (κ1) is 28.7. The third-order valence-electron chi connectivity index (χ3n) is 7.88. The maximum Gasteiger partial charge on any atom is 0.247 e. The summed E-state index contributed by atoms with van der Waals surface area (Å²) in [5.74, 6) is 2.51. The fourth-order valence-corrected chi connectivity index (χ4v) is 5.49. The van der Waals surface area contributed by atoms with E-state index in [0.29, 0.717) is 59.8 Å². The summed E-state index contributed by atoms with van der Waals surface area (Å²) in [6.07, 6.45) is 2.50. The van der Waals surface area contributed by atoms with Crippen LogP contribution in [0.25, 0.3) is 28.0 Å². The summed E-state index contributed by atoms with van der Waals surface area (Å²) in [4.78, 5) is 11.8. The van der Waals surface area contributed by atoms with Crippen molar-refractivity contribution >= 4 is 22.5 Å². The van der Waals surface area contributed by atoms with Crippen LogP contribution in [0.1, 0.15) is 22.7 Å².